The lowest BCUT2D eigenvalue weighted by molar-refractivity contribution is -0.116. The number of rotatable bonds is 5. The first-order valence-corrected chi connectivity index (χ1v) is 7.23. The van der Waals surface area contributed by atoms with Crippen LogP contribution in [0.5, 0.6) is 0 Å². The molecule has 0 aliphatic rings. The van der Waals surface area contributed by atoms with Crippen LogP contribution in [0.25, 0.3) is 16.7 Å². The molecule has 0 aliphatic heterocycles. The van der Waals surface area contributed by atoms with Crippen molar-refractivity contribution < 1.29 is 4.79 Å². The Kier molecular flexibility index (Phi) is 4.01. The second-order valence-electron chi connectivity index (χ2n) is 4.97. The van der Waals surface area contributed by atoms with Crippen LogP contribution in [0.3, 0.4) is 0 Å². The van der Waals surface area contributed by atoms with Crippen LogP contribution in [-0.2, 0) is 4.79 Å². The highest BCUT2D eigenvalue weighted by molar-refractivity contribution is 5.92. The van der Waals surface area contributed by atoms with Crippen LogP contribution < -0.4 is 5.32 Å². The number of allylic oxidation sites excluding steroid dienone is 1. The van der Waals surface area contributed by atoms with Crippen molar-refractivity contribution in [2.45, 2.75) is 12.8 Å². The molecule has 1 amide bonds. The molecule has 110 valence electrons. The highest BCUT2D eigenvalue weighted by Crippen LogP contribution is 2.24. The lowest BCUT2D eigenvalue weighted by Gasteiger charge is -2.09. The molecule has 3 aromatic rings. The molecule has 0 radical (unpaired) electrons. The van der Waals surface area contributed by atoms with Gasteiger partial charge in [-0.25, -0.2) is 4.98 Å². The number of hydrogen-bond acceptors (Lipinski definition) is 2. The number of imidazole rings is 1. The molecule has 1 heterocycles. The van der Waals surface area contributed by atoms with Gasteiger partial charge < -0.3 is 0 Å². The first-order valence-electron chi connectivity index (χ1n) is 7.23. The number of para-hydroxylation sites is 3. The monoisotopic (exact) mass is 291 g/mol. The third-order valence-corrected chi connectivity index (χ3v) is 3.40. The van der Waals surface area contributed by atoms with E-state index in [1.165, 1.54) is 0 Å². The quantitative estimate of drug-likeness (QED) is 0.724. The molecule has 1 aromatic heterocycles. The van der Waals surface area contributed by atoms with Gasteiger partial charge in [0.2, 0.25) is 11.9 Å². The minimum atomic E-state index is -0.0626. The van der Waals surface area contributed by atoms with E-state index in [2.05, 4.69) is 16.9 Å². The lowest BCUT2D eigenvalue weighted by atomic mass is 10.3. The number of benzene rings is 2. The number of aromatic nitrogens is 2. The maximum absolute atomic E-state index is 12.0. The molecule has 22 heavy (non-hydrogen) atoms. The fourth-order valence-electron chi connectivity index (χ4n) is 2.37. The summed E-state index contributed by atoms with van der Waals surface area (Å²) in [5.41, 5.74) is 2.79. The van der Waals surface area contributed by atoms with Gasteiger partial charge in [-0.05, 0) is 30.7 Å². The Bertz CT molecular complexity index is 806. The number of nitrogens with zero attached hydrogens (tertiary/aromatic N) is 2. The van der Waals surface area contributed by atoms with Gasteiger partial charge >= 0.3 is 0 Å². The summed E-state index contributed by atoms with van der Waals surface area (Å²) in [5, 5.41) is 2.90. The van der Waals surface area contributed by atoms with Crippen molar-refractivity contribution >= 4 is 22.9 Å². The standard InChI is InChI=1S/C18H17N3O/c1-2-3-13-17(22)20-18-19-15-11-7-8-12-16(15)21(18)14-9-5-4-6-10-14/h2,4-12H,1,3,13H2,(H,19,20,22). The molecule has 0 unspecified atom stereocenters. The van der Waals surface area contributed by atoms with E-state index in [1.54, 1.807) is 6.08 Å². The van der Waals surface area contributed by atoms with Gasteiger partial charge in [0.25, 0.3) is 0 Å². The zero-order chi connectivity index (χ0) is 15.4. The second-order valence-corrected chi connectivity index (χ2v) is 4.97. The Morgan fingerprint density at radius 1 is 1.14 bits per heavy atom. The molecule has 0 atom stereocenters. The third kappa shape index (κ3) is 2.76. The number of nitrogens with one attached hydrogen (secondary N) is 1. The summed E-state index contributed by atoms with van der Waals surface area (Å²) in [6.45, 7) is 3.64. The van der Waals surface area contributed by atoms with Crippen LogP contribution in [0.15, 0.2) is 67.3 Å². The summed E-state index contributed by atoms with van der Waals surface area (Å²) in [6, 6.07) is 17.7. The van der Waals surface area contributed by atoms with Crippen LogP contribution in [0, 0.1) is 0 Å². The largest absolute Gasteiger partial charge is 0.296 e. The molecule has 0 bridgehead atoms. The number of amides is 1. The van der Waals surface area contributed by atoms with Gasteiger partial charge in [0.1, 0.15) is 0 Å². The number of carbonyl (C=O) groups is 1. The predicted octanol–water partition coefficient (Wildman–Crippen LogP) is 3.93. The second kappa shape index (κ2) is 6.26. The van der Waals surface area contributed by atoms with Crippen molar-refractivity contribution in [1.29, 1.82) is 0 Å². The zero-order valence-corrected chi connectivity index (χ0v) is 12.2. The highest BCUT2D eigenvalue weighted by Gasteiger charge is 2.13. The predicted molar refractivity (Wildman–Crippen MR) is 89.1 cm³/mol. The van der Waals surface area contributed by atoms with Gasteiger partial charge in [-0.3, -0.25) is 14.7 Å². The zero-order valence-electron chi connectivity index (χ0n) is 12.2. The van der Waals surface area contributed by atoms with Crippen molar-refractivity contribution in [3.8, 4) is 5.69 Å². The van der Waals surface area contributed by atoms with Crippen LogP contribution >= 0.6 is 0 Å². The fraction of sp³-hybridized carbons (Fsp3) is 0.111. The average molecular weight is 291 g/mol. The van der Waals surface area contributed by atoms with E-state index in [-0.39, 0.29) is 5.91 Å². The van der Waals surface area contributed by atoms with Gasteiger partial charge in [0.05, 0.1) is 11.0 Å². The van der Waals surface area contributed by atoms with Crippen LogP contribution in [0.1, 0.15) is 12.8 Å². The van der Waals surface area contributed by atoms with E-state index in [0.29, 0.717) is 18.8 Å². The normalized spacial score (nSPS) is 10.5. The SMILES string of the molecule is C=CCCC(=O)Nc1nc2ccccc2n1-c1ccccc1. The van der Waals surface area contributed by atoms with Crippen molar-refractivity contribution in [3.05, 3.63) is 67.3 Å². The summed E-state index contributed by atoms with van der Waals surface area (Å²) in [4.78, 5) is 16.6. The smallest absolute Gasteiger partial charge is 0.226 e. The molecule has 0 saturated carbocycles. The van der Waals surface area contributed by atoms with Gasteiger partial charge in [0.15, 0.2) is 0 Å². The molecule has 0 spiro atoms. The third-order valence-electron chi connectivity index (χ3n) is 3.40. The highest BCUT2D eigenvalue weighted by atomic mass is 16.1. The van der Waals surface area contributed by atoms with E-state index in [0.717, 1.165) is 16.7 Å². The molecule has 3 rings (SSSR count). The molecule has 2 aromatic carbocycles. The Labute approximate surface area is 129 Å². The maximum Gasteiger partial charge on any atom is 0.226 e. The van der Waals surface area contributed by atoms with Crippen molar-refractivity contribution in [3.63, 3.8) is 0 Å². The summed E-state index contributed by atoms with van der Waals surface area (Å²) in [6.07, 6.45) is 2.79. The van der Waals surface area contributed by atoms with E-state index >= 15 is 0 Å². The van der Waals surface area contributed by atoms with Crippen molar-refractivity contribution in [2.75, 3.05) is 5.32 Å². The Morgan fingerprint density at radius 2 is 1.86 bits per heavy atom. The van der Waals surface area contributed by atoms with Crippen LogP contribution in [-0.4, -0.2) is 15.5 Å². The summed E-state index contributed by atoms with van der Waals surface area (Å²) in [5.74, 6) is 0.480. The minimum absolute atomic E-state index is 0.0626. The maximum atomic E-state index is 12.0. The number of anilines is 1. The summed E-state index contributed by atoms with van der Waals surface area (Å²) < 4.78 is 1.96. The molecule has 4 heteroatoms. The van der Waals surface area contributed by atoms with E-state index < -0.39 is 0 Å². The van der Waals surface area contributed by atoms with Gasteiger partial charge in [-0.1, -0.05) is 36.4 Å². The topological polar surface area (TPSA) is 46.9 Å². The van der Waals surface area contributed by atoms with E-state index in [9.17, 15) is 4.79 Å². The Balaban J connectivity index is 2.05. The van der Waals surface area contributed by atoms with E-state index in [4.69, 9.17) is 0 Å². The van der Waals surface area contributed by atoms with Gasteiger partial charge in [-0.15, -0.1) is 6.58 Å². The molecule has 4 nitrogen and oxygen atoms in total. The molecule has 0 aliphatic carbocycles. The van der Waals surface area contributed by atoms with Crippen molar-refractivity contribution in [1.82, 2.24) is 9.55 Å². The van der Waals surface area contributed by atoms with Crippen LogP contribution in [0.4, 0.5) is 5.95 Å². The summed E-state index contributed by atoms with van der Waals surface area (Å²) in [7, 11) is 0. The van der Waals surface area contributed by atoms with Gasteiger partial charge in [-0.2, -0.15) is 0 Å². The minimum Gasteiger partial charge on any atom is -0.296 e. The Hall–Kier alpha value is -2.88. The van der Waals surface area contributed by atoms with Crippen molar-refractivity contribution in [2.24, 2.45) is 0 Å². The molecular weight excluding hydrogens is 274 g/mol. The number of fused-ring (bicyclic) bond motifs is 1. The first kappa shape index (κ1) is 14.1. The lowest BCUT2D eigenvalue weighted by Crippen LogP contribution is -2.14. The molecule has 0 saturated heterocycles. The summed E-state index contributed by atoms with van der Waals surface area (Å²) >= 11 is 0. The van der Waals surface area contributed by atoms with Crippen LogP contribution in [0.2, 0.25) is 0 Å². The molecule has 0 fully saturated rings. The fourth-order valence-corrected chi connectivity index (χ4v) is 2.37. The average Bonchev–Trinajstić information content (AvgIpc) is 2.91. The van der Waals surface area contributed by atoms with Gasteiger partial charge in [0, 0.05) is 12.1 Å². The Morgan fingerprint density at radius 3 is 2.64 bits per heavy atom. The van der Waals surface area contributed by atoms with E-state index in [1.807, 2.05) is 59.2 Å². The molecular formula is C18H17N3O. The molecule has 1 N–H and O–H groups in total. The first-order chi connectivity index (χ1) is 10.8. The number of hydrogen-bond donors (Lipinski definition) is 1. The number of carbonyl (C=O) groups excluding carboxylic acids is 1.